The Balaban J connectivity index is 2.04. The summed E-state index contributed by atoms with van der Waals surface area (Å²) in [4.78, 5) is 19.5. The number of halogens is 1. The average Bonchev–Trinajstić information content (AvgIpc) is 2.93. The summed E-state index contributed by atoms with van der Waals surface area (Å²) in [6, 6.07) is 5.66. The van der Waals surface area contributed by atoms with Crippen LogP contribution in [0.2, 0.25) is 5.02 Å². The second-order valence-corrected chi connectivity index (χ2v) is 5.10. The van der Waals surface area contributed by atoms with Crippen LogP contribution in [-0.4, -0.2) is 25.4 Å². The van der Waals surface area contributed by atoms with E-state index >= 15 is 0 Å². The maximum atomic E-state index is 11.2. The number of carboxylic acid groups (broad SMARTS) is 1. The van der Waals surface area contributed by atoms with Crippen LogP contribution < -0.4 is 0 Å². The van der Waals surface area contributed by atoms with Gasteiger partial charge in [-0.25, -0.2) is 14.8 Å². The van der Waals surface area contributed by atoms with Gasteiger partial charge in [0.25, 0.3) is 0 Å². The molecule has 5 nitrogen and oxygen atoms in total. The molecule has 1 aliphatic carbocycles. The molecule has 98 valence electrons. The Morgan fingerprint density at radius 1 is 1.40 bits per heavy atom. The minimum Gasteiger partial charge on any atom is -0.476 e. The summed E-state index contributed by atoms with van der Waals surface area (Å²) in [6.07, 6.45) is 3.91. The van der Waals surface area contributed by atoms with Crippen molar-refractivity contribution in [2.24, 2.45) is 0 Å². The van der Waals surface area contributed by atoms with Gasteiger partial charge in [-0.1, -0.05) is 17.7 Å². The number of imidazole rings is 1. The molecule has 0 saturated carbocycles. The number of nitrogens with zero attached hydrogens (tertiary/aromatic N) is 3. The maximum absolute atomic E-state index is 11.2. The molecule has 0 aliphatic heterocycles. The highest BCUT2D eigenvalue weighted by Crippen LogP contribution is 2.37. The largest absolute Gasteiger partial charge is 0.476 e. The van der Waals surface area contributed by atoms with Crippen molar-refractivity contribution in [1.82, 2.24) is 14.4 Å². The van der Waals surface area contributed by atoms with Crippen molar-refractivity contribution in [2.75, 3.05) is 0 Å². The molecule has 3 aromatic rings. The van der Waals surface area contributed by atoms with Gasteiger partial charge in [-0.05, 0) is 17.7 Å². The molecule has 0 atom stereocenters. The van der Waals surface area contributed by atoms with E-state index in [0.717, 1.165) is 22.5 Å². The van der Waals surface area contributed by atoms with Gasteiger partial charge in [0.05, 0.1) is 11.4 Å². The molecule has 6 heteroatoms. The third kappa shape index (κ3) is 1.41. The Labute approximate surface area is 118 Å². The van der Waals surface area contributed by atoms with Crippen molar-refractivity contribution in [1.29, 1.82) is 0 Å². The molecule has 0 spiro atoms. The molecule has 0 saturated heterocycles. The molecule has 4 rings (SSSR count). The van der Waals surface area contributed by atoms with E-state index in [-0.39, 0.29) is 5.69 Å². The van der Waals surface area contributed by atoms with E-state index in [1.54, 1.807) is 10.6 Å². The second kappa shape index (κ2) is 3.80. The zero-order valence-electron chi connectivity index (χ0n) is 10.2. The molecule has 0 amide bonds. The topological polar surface area (TPSA) is 67.5 Å². The standard InChI is InChI=1S/C14H8ClN3O2/c15-8-1-2-9-7(5-8)6-10-11(9)17-13-12(14(19)20)16-3-4-18(10)13/h1-5H,6H2,(H,19,20). The van der Waals surface area contributed by atoms with Crippen LogP contribution in [0.1, 0.15) is 21.7 Å². The summed E-state index contributed by atoms with van der Waals surface area (Å²) in [5, 5.41) is 9.86. The molecular formula is C14H8ClN3O2. The number of aromatic nitrogens is 3. The van der Waals surface area contributed by atoms with Crippen LogP contribution in [0.5, 0.6) is 0 Å². The van der Waals surface area contributed by atoms with Crippen molar-refractivity contribution < 1.29 is 9.90 Å². The molecular weight excluding hydrogens is 278 g/mol. The summed E-state index contributed by atoms with van der Waals surface area (Å²) in [5.74, 6) is -1.07. The maximum Gasteiger partial charge on any atom is 0.358 e. The fraction of sp³-hybridized carbons (Fsp3) is 0.0714. The highest BCUT2D eigenvalue weighted by Gasteiger charge is 2.26. The minimum atomic E-state index is -1.07. The lowest BCUT2D eigenvalue weighted by Crippen LogP contribution is -2.04. The second-order valence-electron chi connectivity index (χ2n) is 4.66. The molecule has 0 radical (unpaired) electrons. The van der Waals surface area contributed by atoms with E-state index in [9.17, 15) is 9.90 Å². The van der Waals surface area contributed by atoms with Gasteiger partial charge in [0.2, 0.25) is 0 Å². The van der Waals surface area contributed by atoms with Gasteiger partial charge in [-0.3, -0.25) is 4.40 Å². The Kier molecular flexibility index (Phi) is 2.17. The lowest BCUT2D eigenvalue weighted by molar-refractivity contribution is 0.0692. The first-order valence-corrected chi connectivity index (χ1v) is 6.41. The Hall–Kier alpha value is -2.40. The van der Waals surface area contributed by atoms with E-state index in [0.29, 0.717) is 17.1 Å². The first kappa shape index (κ1) is 11.4. The zero-order chi connectivity index (χ0) is 13.9. The predicted octanol–water partition coefficient (Wildman–Crippen LogP) is 2.65. The van der Waals surface area contributed by atoms with E-state index < -0.39 is 5.97 Å². The first-order chi connectivity index (χ1) is 9.65. The number of hydrogen-bond acceptors (Lipinski definition) is 3. The lowest BCUT2D eigenvalue weighted by atomic mass is 10.1. The Bertz CT molecular complexity index is 886. The molecule has 1 aromatic carbocycles. The lowest BCUT2D eigenvalue weighted by Gasteiger charge is -2.01. The highest BCUT2D eigenvalue weighted by molar-refractivity contribution is 6.30. The molecule has 0 fully saturated rings. The van der Waals surface area contributed by atoms with E-state index in [1.807, 2.05) is 18.2 Å². The summed E-state index contributed by atoms with van der Waals surface area (Å²) >= 11 is 6.00. The van der Waals surface area contributed by atoms with Gasteiger partial charge in [0.1, 0.15) is 0 Å². The van der Waals surface area contributed by atoms with Crippen molar-refractivity contribution in [2.45, 2.75) is 6.42 Å². The van der Waals surface area contributed by atoms with Crippen LogP contribution >= 0.6 is 11.6 Å². The van der Waals surface area contributed by atoms with E-state index in [4.69, 9.17) is 11.6 Å². The van der Waals surface area contributed by atoms with Crippen LogP contribution in [0, 0.1) is 0 Å². The molecule has 0 unspecified atom stereocenters. The van der Waals surface area contributed by atoms with Crippen molar-refractivity contribution in [3.63, 3.8) is 0 Å². The number of fused-ring (bicyclic) bond motifs is 5. The van der Waals surface area contributed by atoms with Crippen molar-refractivity contribution >= 4 is 23.2 Å². The molecule has 20 heavy (non-hydrogen) atoms. The fourth-order valence-corrected chi connectivity index (χ4v) is 2.88. The molecule has 2 heterocycles. The smallest absolute Gasteiger partial charge is 0.358 e. The van der Waals surface area contributed by atoms with Gasteiger partial charge in [-0.15, -0.1) is 0 Å². The van der Waals surface area contributed by atoms with Crippen LogP contribution in [0.3, 0.4) is 0 Å². The fourth-order valence-electron chi connectivity index (χ4n) is 2.68. The van der Waals surface area contributed by atoms with Crippen molar-refractivity contribution in [3.8, 4) is 11.3 Å². The van der Waals surface area contributed by atoms with Gasteiger partial charge in [0, 0.05) is 29.4 Å². The predicted molar refractivity (Wildman–Crippen MR) is 73.2 cm³/mol. The molecule has 0 bridgehead atoms. The monoisotopic (exact) mass is 285 g/mol. The van der Waals surface area contributed by atoms with E-state index in [2.05, 4.69) is 9.97 Å². The Morgan fingerprint density at radius 3 is 3.05 bits per heavy atom. The SMILES string of the molecule is O=C(O)c1nccn2c3c(nc12)-c1ccc(Cl)cc1C3. The summed E-state index contributed by atoms with van der Waals surface area (Å²) in [7, 11) is 0. The normalized spacial score (nSPS) is 12.4. The Morgan fingerprint density at radius 2 is 2.25 bits per heavy atom. The number of rotatable bonds is 1. The van der Waals surface area contributed by atoms with Crippen LogP contribution in [0.15, 0.2) is 30.6 Å². The number of carboxylic acids is 1. The third-order valence-corrected chi connectivity index (χ3v) is 3.76. The van der Waals surface area contributed by atoms with Gasteiger partial charge in [0.15, 0.2) is 11.3 Å². The summed E-state index contributed by atoms with van der Waals surface area (Å²) in [6.45, 7) is 0. The van der Waals surface area contributed by atoms with E-state index in [1.165, 1.54) is 6.20 Å². The quantitative estimate of drug-likeness (QED) is 0.584. The molecule has 1 aliphatic rings. The summed E-state index contributed by atoms with van der Waals surface area (Å²) in [5.41, 5.74) is 4.25. The van der Waals surface area contributed by atoms with Gasteiger partial charge < -0.3 is 5.11 Å². The molecule has 1 N–H and O–H groups in total. The van der Waals surface area contributed by atoms with Crippen LogP contribution in [0.4, 0.5) is 0 Å². The van der Waals surface area contributed by atoms with Crippen LogP contribution in [-0.2, 0) is 6.42 Å². The first-order valence-electron chi connectivity index (χ1n) is 6.03. The number of hydrogen-bond donors (Lipinski definition) is 1. The van der Waals surface area contributed by atoms with Crippen molar-refractivity contribution in [3.05, 3.63) is 52.6 Å². The number of aromatic carboxylic acids is 1. The van der Waals surface area contributed by atoms with Crippen LogP contribution in [0.25, 0.3) is 16.9 Å². The number of benzene rings is 1. The summed E-state index contributed by atoms with van der Waals surface area (Å²) < 4.78 is 1.79. The highest BCUT2D eigenvalue weighted by atomic mass is 35.5. The third-order valence-electron chi connectivity index (χ3n) is 3.52. The zero-order valence-corrected chi connectivity index (χ0v) is 10.9. The molecule has 2 aromatic heterocycles. The van der Waals surface area contributed by atoms with Gasteiger partial charge >= 0.3 is 5.97 Å². The van der Waals surface area contributed by atoms with Gasteiger partial charge in [-0.2, -0.15) is 0 Å². The minimum absolute atomic E-state index is 0.0302. The number of carbonyl (C=O) groups is 1. The average molecular weight is 286 g/mol.